The van der Waals surface area contributed by atoms with Gasteiger partial charge in [-0.2, -0.15) is 0 Å². The molecule has 3 N–H and O–H groups in total. The third kappa shape index (κ3) is 5.64. The summed E-state index contributed by atoms with van der Waals surface area (Å²) in [5.74, 6) is -0.183. The van der Waals surface area contributed by atoms with Crippen LogP contribution in [0.1, 0.15) is 40.5 Å². The van der Waals surface area contributed by atoms with E-state index in [1.165, 1.54) is 25.6 Å². The first kappa shape index (κ1) is 33.1. The minimum atomic E-state index is -1.45. The van der Waals surface area contributed by atoms with Crippen LogP contribution >= 0.6 is 11.3 Å². The summed E-state index contributed by atoms with van der Waals surface area (Å²) in [6, 6.07) is 10.7. The van der Waals surface area contributed by atoms with Gasteiger partial charge in [0.15, 0.2) is 35.6 Å². The molecule has 0 radical (unpaired) electrons. The molecule has 8 rings (SSSR count). The molecular formula is C34H36NO14S+. The highest BCUT2D eigenvalue weighted by Gasteiger charge is 2.56. The van der Waals surface area contributed by atoms with Crippen LogP contribution in [-0.4, -0.2) is 87.4 Å². The summed E-state index contributed by atoms with van der Waals surface area (Å²) >= 11 is 1.27. The fourth-order valence-corrected chi connectivity index (χ4v) is 8.23. The molecule has 0 bridgehead atoms. The number of hydrogen-bond donors (Lipinski definition) is 3. The van der Waals surface area contributed by atoms with Gasteiger partial charge in [-0.1, -0.05) is 11.3 Å². The van der Waals surface area contributed by atoms with Crippen molar-refractivity contribution in [2.75, 3.05) is 34.2 Å². The fraction of sp³-hybridized carbons (Fsp3) is 0.500. The Bertz CT molecular complexity index is 1760. The zero-order valence-electron chi connectivity index (χ0n) is 27.3. The maximum absolute atomic E-state index is 13.7. The second kappa shape index (κ2) is 13.3. The maximum atomic E-state index is 13.7. The number of aliphatic hydroxyl groups is 2. The van der Waals surface area contributed by atoms with E-state index >= 15 is 0 Å². The van der Waals surface area contributed by atoms with E-state index in [2.05, 4.69) is 0 Å². The minimum absolute atomic E-state index is 0.0196. The highest BCUT2D eigenvalue weighted by atomic mass is 32.1. The molecule has 50 heavy (non-hydrogen) atoms. The standard InChI is InChI=1S/C34H35NO14S/c1-14-42-12-24-32(47-14)28(36)29(37)34(48-24)49-30-18-9-21-20(45-13-46-21)8-17(18)26(27-19(30)11-44-33(27)38)15-6-22(40-2)31(23(7-15)41-3)43-10-16-4-5-25(35-39)50-16/h4-9,14,19,24,26-30,32,34,36-37H,10-13H2,1-3H3/p+1/t14?,19-,24?,26+,27-,28?,29?,30+,32?,34?/m0/s1. The number of aliphatic hydroxyl groups excluding tert-OH is 2. The third-order valence-corrected chi connectivity index (χ3v) is 10.8. The Kier molecular flexibility index (Phi) is 8.79. The van der Waals surface area contributed by atoms with Gasteiger partial charge in [-0.05, 0) is 53.9 Å². The number of nitroso groups, excluding NO2 is 1. The first-order valence-electron chi connectivity index (χ1n) is 16.2. The van der Waals surface area contributed by atoms with Crippen molar-refractivity contribution in [3.8, 4) is 28.7 Å². The van der Waals surface area contributed by atoms with Crippen molar-refractivity contribution < 1.29 is 67.6 Å². The predicted molar refractivity (Wildman–Crippen MR) is 169 cm³/mol. The second-order valence-corrected chi connectivity index (χ2v) is 13.8. The molecule has 0 amide bonds. The molecule has 1 aliphatic carbocycles. The number of thiophene rings is 1. The molecular weight excluding hydrogens is 678 g/mol. The first-order valence-corrected chi connectivity index (χ1v) is 17.0. The van der Waals surface area contributed by atoms with Crippen LogP contribution in [0.15, 0.2) is 36.4 Å². The van der Waals surface area contributed by atoms with Crippen LogP contribution in [0, 0.1) is 16.7 Å². The summed E-state index contributed by atoms with van der Waals surface area (Å²) in [6.45, 7) is 2.06. The van der Waals surface area contributed by atoms with Crippen LogP contribution in [0.4, 0.5) is 5.00 Å². The largest absolute Gasteiger partial charge is 0.493 e. The van der Waals surface area contributed by atoms with Crippen molar-refractivity contribution in [2.45, 2.75) is 62.5 Å². The highest BCUT2D eigenvalue weighted by molar-refractivity contribution is 7.15. The summed E-state index contributed by atoms with van der Waals surface area (Å²) in [6.07, 6.45) is -6.90. The molecule has 5 aliphatic rings. The zero-order chi connectivity index (χ0) is 34.7. The number of nitrogens with one attached hydrogen (secondary N) is 1. The highest BCUT2D eigenvalue weighted by Crippen LogP contribution is 2.57. The summed E-state index contributed by atoms with van der Waals surface area (Å²) in [4.78, 5) is 25.5. The van der Waals surface area contributed by atoms with Gasteiger partial charge in [0, 0.05) is 32.9 Å². The molecule has 3 saturated heterocycles. The average Bonchev–Trinajstić information content (AvgIpc) is 3.89. The number of cyclic esters (lactones) is 1. The fourth-order valence-electron chi connectivity index (χ4n) is 7.52. The number of carbonyl (C=O) groups is 1. The molecule has 2 aromatic carbocycles. The lowest BCUT2D eigenvalue weighted by Gasteiger charge is -2.47. The summed E-state index contributed by atoms with van der Waals surface area (Å²) in [7, 11) is 3.02. The second-order valence-electron chi connectivity index (χ2n) is 12.6. The maximum Gasteiger partial charge on any atom is 0.310 e. The lowest BCUT2D eigenvalue weighted by atomic mass is 9.66. The van der Waals surface area contributed by atoms with Gasteiger partial charge in [0.25, 0.3) is 0 Å². The van der Waals surface area contributed by atoms with Gasteiger partial charge in [-0.25, -0.2) is 0 Å². The Labute approximate surface area is 289 Å². The smallest absolute Gasteiger partial charge is 0.310 e. The molecule has 6 unspecified atom stereocenters. The molecule has 0 saturated carbocycles. The molecule has 4 aliphatic heterocycles. The van der Waals surface area contributed by atoms with E-state index in [1.54, 1.807) is 31.2 Å². The number of carbonyl (C=O) groups excluding carboxylic acids is 1. The lowest BCUT2D eigenvalue weighted by molar-refractivity contribution is -0.374. The normalized spacial score (nSPS) is 32.4. The van der Waals surface area contributed by atoms with Crippen LogP contribution in [0.2, 0.25) is 0 Å². The van der Waals surface area contributed by atoms with E-state index in [0.29, 0.717) is 50.4 Å². The van der Waals surface area contributed by atoms with Crippen LogP contribution in [-0.2, 0) is 35.1 Å². The van der Waals surface area contributed by atoms with Gasteiger partial charge in [0.2, 0.25) is 12.5 Å². The van der Waals surface area contributed by atoms with E-state index in [4.69, 9.17) is 47.4 Å². The molecule has 3 aromatic rings. The van der Waals surface area contributed by atoms with E-state index in [9.17, 15) is 19.9 Å². The number of methoxy groups -OCH3 is 2. The lowest BCUT2D eigenvalue weighted by Crippen LogP contribution is -2.63. The van der Waals surface area contributed by atoms with Crippen molar-refractivity contribution >= 4 is 22.3 Å². The summed E-state index contributed by atoms with van der Waals surface area (Å²) in [5.41, 5.74) is 2.07. The Hall–Kier alpha value is -4.03. The van der Waals surface area contributed by atoms with E-state index in [-0.39, 0.29) is 26.6 Å². The Balaban J connectivity index is 1.17. The summed E-state index contributed by atoms with van der Waals surface area (Å²) in [5, 5.41) is 24.5. The van der Waals surface area contributed by atoms with Gasteiger partial charge in [-0.3, -0.25) is 4.79 Å². The molecule has 10 atom stereocenters. The molecule has 3 fully saturated rings. The Morgan fingerprint density at radius 2 is 1.68 bits per heavy atom. The molecule has 5 heterocycles. The monoisotopic (exact) mass is 714 g/mol. The molecule has 16 heteroatoms. The average molecular weight is 715 g/mol. The van der Waals surface area contributed by atoms with Gasteiger partial charge >= 0.3 is 11.0 Å². The van der Waals surface area contributed by atoms with Crippen LogP contribution in [0.5, 0.6) is 28.7 Å². The van der Waals surface area contributed by atoms with Crippen LogP contribution in [0.25, 0.3) is 0 Å². The third-order valence-electron chi connectivity index (χ3n) is 9.85. The van der Waals surface area contributed by atoms with Crippen molar-refractivity contribution in [1.82, 2.24) is 0 Å². The number of fused-ring (bicyclic) bond motifs is 4. The number of benzene rings is 2. The van der Waals surface area contributed by atoms with E-state index in [0.717, 1.165) is 4.88 Å². The van der Waals surface area contributed by atoms with E-state index in [1.807, 2.05) is 17.3 Å². The quantitative estimate of drug-likeness (QED) is 0.273. The molecule has 266 valence electrons. The minimum Gasteiger partial charge on any atom is -0.493 e. The number of ether oxygens (including phenoxy) is 10. The topological polar surface area (TPSA) is 181 Å². The van der Waals surface area contributed by atoms with E-state index < -0.39 is 66.8 Å². The SMILES string of the molecule is COc1cc([C@@H]2c3cc4c(cc3[C@@H](OC3OC5COC(C)OC5C(O)C3O)[C@H]3COC(=O)[C@H]23)OCO4)cc(OC)c1OCc1ccc([NH+]=O)s1. The van der Waals surface area contributed by atoms with Crippen molar-refractivity contribution in [2.24, 2.45) is 11.8 Å². The van der Waals surface area contributed by atoms with Crippen molar-refractivity contribution in [3.05, 3.63) is 62.9 Å². The molecule has 15 nitrogen and oxygen atoms in total. The van der Waals surface area contributed by atoms with Crippen molar-refractivity contribution in [3.63, 3.8) is 0 Å². The van der Waals surface area contributed by atoms with Gasteiger partial charge < -0.3 is 57.6 Å². The number of rotatable bonds is 9. The van der Waals surface area contributed by atoms with Crippen LogP contribution < -0.4 is 28.9 Å². The molecule has 1 aromatic heterocycles. The summed E-state index contributed by atoms with van der Waals surface area (Å²) < 4.78 is 58.9. The van der Waals surface area contributed by atoms with Crippen LogP contribution in [0.3, 0.4) is 0 Å². The number of hydrogen-bond acceptors (Lipinski definition) is 15. The first-order chi connectivity index (χ1) is 24.3. The van der Waals surface area contributed by atoms with Crippen molar-refractivity contribution in [1.29, 1.82) is 0 Å². The predicted octanol–water partition coefficient (Wildman–Crippen LogP) is 1.75. The van der Waals surface area contributed by atoms with Gasteiger partial charge in [-0.15, -0.1) is 0 Å². The van der Waals surface area contributed by atoms with Gasteiger partial charge in [0.05, 0.1) is 39.5 Å². The zero-order valence-corrected chi connectivity index (χ0v) is 28.1. The Morgan fingerprint density at radius 3 is 2.38 bits per heavy atom. The molecule has 0 spiro atoms. The van der Waals surface area contributed by atoms with Gasteiger partial charge in [0.1, 0.15) is 31.0 Å². The number of esters is 1. The Morgan fingerprint density at radius 1 is 0.940 bits per heavy atom.